The first-order valence-corrected chi connectivity index (χ1v) is 6.92. The van der Waals surface area contributed by atoms with E-state index >= 15 is 0 Å². The molecule has 0 heterocycles. The molecule has 2 nitrogen and oxygen atoms in total. The highest BCUT2D eigenvalue weighted by Gasteiger charge is 2.09. The highest BCUT2D eigenvalue weighted by Crippen LogP contribution is 2.31. The Balaban J connectivity index is 2.50. The third-order valence-corrected chi connectivity index (χ3v) is 3.10. The largest absolute Gasteiger partial charge is 0.490 e. The second-order valence-corrected chi connectivity index (χ2v) is 5.52. The number of hydrogen-bond donors (Lipinski definition) is 0. The summed E-state index contributed by atoms with van der Waals surface area (Å²) in [5, 5.41) is 10.3. The Bertz CT molecular complexity index is 654. The van der Waals surface area contributed by atoms with E-state index in [0.29, 0.717) is 21.4 Å². The first kappa shape index (κ1) is 14.7. The Kier molecular flexibility index (Phi) is 4.54. The molecular weight excluding hydrogens is 293 g/mol. The fraction of sp³-hybridized carbons (Fsp3) is 0.188. The highest BCUT2D eigenvalue weighted by atomic mass is 35.5. The van der Waals surface area contributed by atoms with E-state index in [9.17, 15) is 0 Å². The predicted molar refractivity (Wildman–Crippen MR) is 82.4 cm³/mol. The van der Waals surface area contributed by atoms with Crippen molar-refractivity contribution in [1.29, 1.82) is 5.26 Å². The molecule has 0 amide bonds. The van der Waals surface area contributed by atoms with Crippen LogP contribution in [0.25, 0.3) is 11.1 Å². The van der Waals surface area contributed by atoms with Crippen LogP contribution < -0.4 is 4.74 Å². The fourth-order valence-electron chi connectivity index (χ4n) is 1.87. The van der Waals surface area contributed by atoms with E-state index in [1.54, 1.807) is 12.1 Å². The van der Waals surface area contributed by atoms with E-state index in [-0.39, 0.29) is 6.10 Å². The van der Waals surface area contributed by atoms with Gasteiger partial charge in [0.25, 0.3) is 0 Å². The molecule has 0 N–H and O–H groups in total. The second-order valence-electron chi connectivity index (χ2n) is 4.65. The summed E-state index contributed by atoms with van der Waals surface area (Å²) in [6.45, 7) is 3.84. The van der Waals surface area contributed by atoms with E-state index in [4.69, 9.17) is 33.2 Å². The molecule has 0 radical (unpaired) electrons. The van der Waals surface area contributed by atoms with Gasteiger partial charge in [-0.1, -0.05) is 29.3 Å². The summed E-state index contributed by atoms with van der Waals surface area (Å²) in [6.07, 6.45) is 0.000277. The Hall–Kier alpha value is -1.69. The molecule has 0 atom stereocenters. The van der Waals surface area contributed by atoms with Crippen LogP contribution in [0, 0.1) is 11.3 Å². The summed E-state index contributed by atoms with van der Waals surface area (Å²) in [7, 11) is 0. The Morgan fingerprint density at radius 2 is 1.65 bits per heavy atom. The lowest BCUT2D eigenvalue weighted by molar-refractivity contribution is 0.242. The summed E-state index contributed by atoms with van der Waals surface area (Å²) in [6, 6.07) is 12.9. The van der Waals surface area contributed by atoms with Gasteiger partial charge >= 0.3 is 0 Å². The zero-order valence-corrected chi connectivity index (χ0v) is 12.7. The average Bonchev–Trinajstić information content (AvgIpc) is 2.36. The number of hydrogen-bond acceptors (Lipinski definition) is 2. The van der Waals surface area contributed by atoms with Gasteiger partial charge in [0, 0.05) is 10.0 Å². The molecule has 2 aromatic rings. The third-order valence-electron chi connectivity index (χ3n) is 2.66. The molecule has 2 aromatic carbocycles. The molecule has 0 aromatic heterocycles. The molecule has 0 fully saturated rings. The maximum atomic E-state index is 9.11. The van der Waals surface area contributed by atoms with Crippen LogP contribution in [0.1, 0.15) is 19.4 Å². The number of halogens is 2. The van der Waals surface area contributed by atoms with Gasteiger partial charge in [-0.3, -0.25) is 0 Å². The molecule has 0 aliphatic carbocycles. The average molecular weight is 306 g/mol. The van der Waals surface area contributed by atoms with Crippen molar-refractivity contribution < 1.29 is 4.74 Å². The lowest BCUT2D eigenvalue weighted by atomic mass is 10.0. The van der Waals surface area contributed by atoms with Gasteiger partial charge in [-0.25, -0.2) is 0 Å². The molecule has 4 heteroatoms. The van der Waals surface area contributed by atoms with Gasteiger partial charge in [0.15, 0.2) is 0 Å². The van der Waals surface area contributed by atoms with Gasteiger partial charge in [-0.2, -0.15) is 5.26 Å². The zero-order chi connectivity index (χ0) is 14.7. The Labute approximate surface area is 128 Å². The number of benzene rings is 2. The molecule has 0 bridgehead atoms. The van der Waals surface area contributed by atoms with Crippen LogP contribution in [0.2, 0.25) is 10.0 Å². The van der Waals surface area contributed by atoms with Crippen molar-refractivity contribution in [3.05, 3.63) is 52.0 Å². The molecule has 0 unspecified atom stereocenters. The van der Waals surface area contributed by atoms with Crippen LogP contribution in [0.5, 0.6) is 5.75 Å². The molecule has 102 valence electrons. The van der Waals surface area contributed by atoms with Crippen molar-refractivity contribution >= 4 is 23.2 Å². The minimum atomic E-state index is 0.000277. The van der Waals surface area contributed by atoms with E-state index < -0.39 is 0 Å². The minimum Gasteiger partial charge on any atom is -0.490 e. The maximum absolute atomic E-state index is 9.11. The number of nitrogens with zero attached hydrogens (tertiary/aromatic N) is 1. The van der Waals surface area contributed by atoms with Crippen molar-refractivity contribution in [1.82, 2.24) is 0 Å². The van der Waals surface area contributed by atoms with E-state index in [1.807, 2.05) is 38.1 Å². The van der Waals surface area contributed by atoms with Crippen LogP contribution in [0.3, 0.4) is 0 Å². The van der Waals surface area contributed by atoms with Crippen molar-refractivity contribution in [2.45, 2.75) is 20.0 Å². The maximum Gasteiger partial charge on any atom is 0.138 e. The molecule has 0 saturated carbocycles. The first-order chi connectivity index (χ1) is 9.49. The van der Waals surface area contributed by atoms with E-state index in [2.05, 4.69) is 6.07 Å². The van der Waals surface area contributed by atoms with Crippen LogP contribution in [0.4, 0.5) is 0 Å². The fourth-order valence-corrected chi connectivity index (χ4v) is 2.39. The second kappa shape index (κ2) is 6.17. The lowest BCUT2D eigenvalue weighted by Crippen LogP contribution is -2.06. The standard InChI is InChI=1S/C16H13Cl2NO/c1-10(2)20-16-7-11(3-4-12(16)9-19)13-5-14(17)8-15(18)6-13/h3-8,10H,1-2H3. The van der Waals surface area contributed by atoms with E-state index in [0.717, 1.165) is 11.1 Å². The number of nitriles is 1. The summed E-state index contributed by atoms with van der Waals surface area (Å²) in [5.41, 5.74) is 2.31. The predicted octanol–water partition coefficient (Wildman–Crippen LogP) is 5.32. The van der Waals surface area contributed by atoms with Crippen molar-refractivity contribution in [2.24, 2.45) is 0 Å². The van der Waals surface area contributed by atoms with E-state index in [1.165, 1.54) is 0 Å². The van der Waals surface area contributed by atoms with Gasteiger partial charge in [-0.05, 0) is 55.3 Å². The quantitative estimate of drug-likeness (QED) is 0.769. The van der Waals surface area contributed by atoms with Gasteiger partial charge in [0.1, 0.15) is 11.8 Å². The topological polar surface area (TPSA) is 33.0 Å². The Morgan fingerprint density at radius 1 is 1.00 bits per heavy atom. The highest BCUT2D eigenvalue weighted by molar-refractivity contribution is 6.35. The van der Waals surface area contributed by atoms with Crippen LogP contribution >= 0.6 is 23.2 Å². The van der Waals surface area contributed by atoms with Gasteiger partial charge in [0.2, 0.25) is 0 Å². The third kappa shape index (κ3) is 3.45. The summed E-state index contributed by atoms with van der Waals surface area (Å²) in [5.74, 6) is 0.566. The molecular formula is C16H13Cl2NO. The molecule has 0 spiro atoms. The smallest absolute Gasteiger partial charge is 0.138 e. The van der Waals surface area contributed by atoms with Gasteiger partial charge in [0.05, 0.1) is 11.7 Å². The molecule has 0 aliphatic heterocycles. The molecule has 0 aliphatic rings. The normalized spacial score (nSPS) is 10.4. The zero-order valence-electron chi connectivity index (χ0n) is 11.2. The first-order valence-electron chi connectivity index (χ1n) is 6.17. The Morgan fingerprint density at radius 3 is 2.20 bits per heavy atom. The van der Waals surface area contributed by atoms with Crippen molar-refractivity contribution in [2.75, 3.05) is 0 Å². The summed E-state index contributed by atoms with van der Waals surface area (Å²) < 4.78 is 5.67. The van der Waals surface area contributed by atoms with Crippen molar-refractivity contribution in [3.63, 3.8) is 0 Å². The van der Waals surface area contributed by atoms with Crippen LogP contribution in [-0.2, 0) is 0 Å². The molecule has 2 rings (SSSR count). The molecule has 20 heavy (non-hydrogen) atoms. The monoisotopic (exact) mass is 305 g/mol. The lowest BCUT2D eigenvalue weighted by Gasteiger charge is -2.13. The van der Waals surface area contributed by atoms with Crippen molar-refractivity contribution in [3.8, 4) is 22.9 Å². The summed E-state index contributed by atoms with van der Waals surface area (Å²) >= 11 is 12.0. The SMILES string of the molecule is CC(C)Oc1cc(-c2cc(Cl)cc(Cl)c2)ccc1C#N. The summed E-state index contributed by atoms with van der Waals surface area (Å²) in [4.78, 5) is 0. The van der Waals surface area contributed by atoms with Gasteiger partial charge < -0.3 is 4.74 Å². The number of rotatable bonds is 3. The molecule has 0 saturated heterocycles. The van der Waals surface area contributed by atoms with Crippen LogP contribution in [0.15, 0.2) is 36.4 Å². The van der Waals surface area contributed by atoms with Crippen LogP contribution in [-0.4, -0.2) is 6.10 Å². The van der Waals surface area contributed by atoms with Gasteiger partial charge in [-0.15, -0.1) is 0 Å². The minimum absolute atomic E-state index is 0.000277. The number of ether oxygens (including phenoxy) is 1.